The van der Waals surface area contributed by atoms with Gasteiger partial charge in [-0.2, -0.15) is 0 Å². The Hall–Kier alpha value is -1.98. The number of nitrogens with one attached hydrogen (secondary N) is 1. The van der Waals surface area contributed by atoms with Crippen molar-refractivity contribution in [2.24, 2.45) is 0 Å². The maximum atomic E-state index is 12.9. The number of carbonyl (C=O) groups excluding carboxylic acids is 1. The Morgan fingerprint density at radius 2 is 1.74 bits per heavy atom. The molecule has 0 saturated carbocycles. The Balaban J connectivity index is 2.07. The predicted octanol–water partition coefficient (Wildman–Crippen LogP) is 4.18. The summed E-state index contributed by atoms with van der Waals surface area (Å²) in [6, 6.07) is 13.6. The summed E-state index contributed by atoms with van der Waals surface area (Å²) in [5.74, 6) is -0.346. The number of esters is 1. The second-order valence-corrected chi connectivity index (χ2v) is 7.98. The van der Waals surface area contributed by atoms with Gasteiger partial charge in [0.05, 0.1) is 11.5 Å². The minimum atomic E-state index is -1.47. The van der Waals surface area contributed by atoms with Crippen molar-refractivity contribution in [3.05, 3.63) is 64.7 Å². The van der Waals surface area contributed by atoms with Crippen LogP contribution in [-0.2, 0) is 26.9 Å². The highest BCUT2D eigenvalue weighted by Gasteiger charge is 2.23. The molecular weight excluding hydrogens is 358 g/mol. The molecule has 0 aliphatic carbocycles. The number of benzene rings is 2. The molecule has 0 aromatic heterocycles. The number of hydrogen-bond acceptors (Lipinski definition) is 3. The van der Waals surface area contributed by atoms with E-state index in [-0.39, 0.29) is 5.97 Å². The van der Waals surface area contributed by atoms with Gasteiger partial charge in [0.1, 0.15) is 17.0 Å². The third kappa shape index (κ3) is 6.29. The molecule has 0 bridgehead atoms. The summed E-state index contributed by atoms with van der Waals surface area (Å²) in [5.41, 5.74) is 4.29. The van der Waals surface area contributed by atoms with Gasteiger partial charge in [0.15, 0.2) is 0 Å². The molecule has 2 aromatic rings. The normalized spacial score (nSPS) is 13.2. The van der Waals surface area contributed by atoms with Crippen LogP contribution in [0.15, 0.2) is 47.4 Å². The van der Waals surface area contributed by atoms with Gasteiger partial charge in [-0.3, -0.25) is 4.79 Å². The van der Waals surface area contributed by atoms with Gasteiger partial charge in [-0.05, 0) is 63.6 Å². The van der Waals surface area contributed by atoms with Gasteiger partial charge in [0.25, 0.3) is 0 Å². The lowest BCUT2D eigenvalue weighted by Crippen LogP contribution is -2.39. The van der Waals surface area contributed by atoms with Gasteiger partial charge in [-0.15, -0.1) is 0 Å². The van der Waals surface area contributed by atoms with E-state index in [1.54, 1.807) is 6.92 Å². The highest BCUT2D eigenvalue weighted by atomic mass is 32.2. The molecule has 0 heterocycles. The van der Waals surface area contributed by atoms with Crippen molar-refractivity contribution in [3.8, 4) is 0 Å². The lowest BCUT2D eigenvalue weighted by atomic mass is 10.1. The molecule has 27 heavy (non-hydrogen) atoms. The van der Waals surface area contributed by atoms with Crippen LogP contribution in [0.4, 0.5) is 0 Å². The zero-order chi connectivity index (χ0) is 19.8. The van der Waals surface area contributed by atoms with Crippen LogP contribution in [0.25, 0.3) is 0 Å². The summed E-state index contributed by atoms with van der Waals surface area (Å²) in [6.45, 7) is 8.01. The molecule has 0 fully saturated rings. The fraction of sp³-hybridized carbons (Fsp3) is 0.409. The van der Waals surface area contributed by atoms with Crippen molar-refractivity contribution in [1.82, 2.24) is 4.72 Å². The van der Waals surface area contributed by atoms with Gasteiger partial charge in [0.2, 0.25) is 0 Å². The van der Waals surface area contributed by atoms with E-state index in [4.69, 9.17) is 4.74 Å². The summed E-state index contributed by atoms with van der Waals surface area (Å²) in [5, 5.41) is 0. The molecule has 5 heteroatoms. The molecule has 0 amide bonds. The first-order chi connectivity index (χ1) is 12.9. The lowest BCUT2D eigenvalue weighted by molar-refractivity contribution is -0.145. The molecule has 2 atom stereocenters. The molecule has 0 aliphatic rings. The maximum absolute atomic E-state index is 12.9. The van der Waals surface area contributed by atoms with Gasteiger partial charge >= 0.3 is 5.97 Å². The highest BCUT2D eigenvalue weighted by molar-refractivity contribution is 7.83. The molecule has 146 valence electrons. The Labute approximate surface area is 164 Å². The summed E-state index contributed by atoms with van der Waals surface area (Å²) >= 11 is 0. The van der Waals surface area contributed by atoms with Crippen LogP contribution in [-0.4, -0.2) is 22.8 Å². The number of hydrogen-bond donors (Lipinski definition) is 1. The molecule has 0 unspecified atom stereocenters. The molecular formula is C22H29NO3S. The maximum Gasteiger partial charge on any atom is 0.324 e. The van der Waals surface area contributed by atoms with E-state index in [1.807, 2.05) is 51.1 Å². The van der Waals surface area contributed by atoms with E-state index in [0.717, 1.165) is 34.4 Å². The molecule has 1 N–H and O–H groups in total. The average Bonchev–Trinajstić information content (AvgIpc) is 2.61. The molecule has 2 aromatic carbocycles. The van der Waals surface area contributed by atoms with E-state index in [9.17, 15) is 9.00 Å². The second-order valence-electron chi connectivity index (χ2n) is 6.80. The minimum absolute atomic E-state index is 0.310. The zero-order valence-electron chi connectivity index (χ0n) is 16.6. The van der Waals surface area contributed by atoms with Crippen LogP contribution in [0, 0.1) is 20.8 Å². The van der Waals surface area contributed by atoms with E-state index in [2.05, 4.69) is 16.9 Å². The van der Waals surface area contributed by atoms with Gasteiger partial charge in [-0.1, -0.05) is 48.0 Å². The molecule has 0 aliphatic heterocycles. The minimum Gasteiger partial charge on any atom is -0.465 e. The molecule has 0 radical (unpaired) electrons. The predicted molar refractivity (Wildman–Crippen MR) is 110 cm³/mol. The van der Waals surface area contributed by atoms with Crippen LogP contribution in [0.3, 0.4) is 0 Å². The molecule has 2 rings (SSSR count). The summed E-state index contributed by atoms with van der Waals surface area (Å²) in [6.07, 6.45) is 2.25. The first kappa shape index (κ1) is 21.3. The standard InChI is InChI=1S/C22H29NO3S/c1-5-26-22(24)20(13-9-12-19-10-7-6-8-11-19)23-27(25)21-17(3)14-16(2)15-18(21)4/h6-8,10-11,14-15,20,23H,5,9,12-13H2,1-4H3/t20-,27-/m0/s1. The van der Waals surface area contributed by atoms with Crippen molar-refractivity contribution < 1.29 is 13.7 Å². The summed E-state index contributed by atoms with van der Waals surface area (Å²) < 4.78 is 21.1. The Morgan fingerprint density at radius 3 is 2.33 bits per heavy atom. The Kier molecular flexibility index (Phi) is 8.20. The van der Waals surface area contributed by atoms with Gasteiger partial charge in [0, 0.05) is 0 Å². The quantitative estimate of drug-likeness (QED) is 0.657. The monoisotopic (exact) mass is 387 g/mol. The largest absolute Gasteiger partial charge is 0.465 e. The van der Waals surface area contributed by atoms with Crippen molar-refractivity contribution in [2.75, 3.05) is 6.61 Å². The summed E-state index contributed by atoms with van der Waals surface area (Å²) in [4.78, 5) is 13.1. The second kappa shape index (κ2) is 10.4. The lowest BCUT2D eigenvalue weighted by Gasteiger charge is -2.18. The number of aryl methyl sites for hydroxylation is 4. The summed E-state index contributed by atoms with van der Waals surface area (Å²) in [7, 11) is -1.47. The molecule has 0 saturated heterocycles. The van der Waals surface area contributed by atoms with Gasteiger partial charge < -0.3 is 4.74 Å². The first-order valence-electron chi connectivity index (χ1n) is 9.38. The van der Waals surface area contributed by atoms with Gasteiger partial charge in [-0.25, -0.2) is 8.93 Å². The van der Waals surface area contributed by atoms with Crippen molar-refractivity contribution >= 4 is 17.0 Å². The SMILES string of the molecule is CCOC(=O)[C@H](CCCc1ccccc1)N[S@@](=O)c1c(C)cc(C)cc1C. The van der Waals surface area contributed by atoms with Crippen LogP contribution in [0.5, 0.6) is 0 Å². The zero-order valence-corrected chi connectivity index (χ0v) is 17.4. The highest BCUT2D eigenvalue weighted by Crippen LogP contribution is 2.20. The molecule has 4 nitrogen and oxygen atoms in total. The number of carbonyl (C=O) groups is 1. The van der Waals surface area contributed by atoms with E-state index >= 15 is 0 Å². The van der Waals surface area contributed by atoms with Crippen LogP contribution >= 0.6 is 0 Å². The van der Waals surface area contributed by atoms with E-state index in [1.165, 1.54) is 5.56 Å². The van der Waals surface area contributed by atoms with Crippen LogP contribution < -0.4 is 4.72 Å². The number of ether oxygens (including phenoxy) is 1. The van der Waals surface area contributed by atoms with Crippen LogP contribution in [0.2, 0.25) is 0 Å². The number of rotatable bonds is 9. The van der Waals surface area contributed by atoms with Crippen molar-refractivity contribution in [1.29, 1.82) is 0 Å². The third-order valence-corrected chi connectivity index (χ3v) is 5.92. The third-order valence-electron chi connectivity index (χ3n) is 4.41. The van der Waals surface area contributed by atoms with Crippen molar-refractivity contribution in [2.45, 2.75) is 57.9 Å². The average molecular weight is 388 g/mol. The fourth-order valence-electron chi connectivity index (χ4n) is 3.27. The first-order valence-corrected chi connectivity index (χ1v) is 10.5. The molecule has 0 spiro atoms. The Bertz CT molecular complexity index is 766. The topological polar surface area (TPSA) is 55.4 Å². The smallest absolute Gasteiger partial charge is 0.324 e. The van der Waals surface area contributed by atoms with Crippen molar-refractivity contribution in [3.63, 3.8) is 0 Å². The Morgan fingerprint density at radius 1 is 1.11 bits per heavy atom. The van der Waals surface area contributed by atoms with E-state index in [0.29, 0.717) is 13.0 Å². The van der Waals surface area contributed by atoms with Crippen LogP contribution in [0.1, 0.15) is 42.0 Å². The fourth-order valence-corrected chi connectivity index (χ4v) is 4.56. The van der Waals surface area contributed by atoms with E-state index < -0.39 is 17.0 Å².